The summed E-state index contributed by atoms with van der Waals surface area (Å²) in [6, 6.07) is 11.9. The van der Waals surface area contributed by atoms with Gasteiger partial charge in [-0.1, -0.05) is 24.6 Å². The summed E-state index contributed by atoms with van der Waals surface area (Å²) < 4.78 is 5.31. The van der Waals surface area contributed by atoms with Crippen LogP contribution in [0.3, 0.4) is 0 Å². The molecule has 7 heteroatoms. The molecule has 2 fully saturated rings. The van der Waals surface area contributed by atoms with Crippen LogP contribution in [0.15, 0.2) is 41.8 Å². The predicted octanol–water partition coefficient (Wildman–Crippen LogP) is 3.63. The molecule has 3 heterocycles. The van der Waals surface area contributed by atoms with Crippen LogP contribution in [0.1, 0.15) is 48.6 Å². The number of likely N-dealkylation sites (tertiary alicyclic amines) is 2. The molecule has 2 saturated heterocycles. The molecule has 2 unspecified atom stereocenters. The Hall–Kier alpha value is -2.38. The van der Waals surface area contributed by atoms with Crippen molar-refractivity contribution in [2.75, 3.05) is 33.3 Å². The zero-order chi connectivity index (χ0) is 22.3. The van der Waals surface area contributed by atoms with E-state index in [4.69, 9.17) is 4.74 Å². The fourth-order valence-corrected chi connectivity index (χ4v) is 5.53. The Morgan fingerprint density at radius 3 is 2.56 bits per heavy atom. The lowest BCUT2D eigenvalue weighted by Gasteiger charge is -2.35. The number of nitrogens with one attached hydrogen (secondary N) is 1. The van der Waals surface area contributed by atoms with Crippen molar-refractivity contribution in [2.24, 2.45) is 0 Å². The van der Waals surface area contributed by atoms with E-state index in [0.29, 0.717) is 19.5 Å². The zero-order valence-corrected chi connectivity index (χ0v) is 19.6. The smallest absolute Gasteiger partial charge is 0.242 e. The second-order valence-corrected chi connectivity index (χ2v) is 9.66. The lowest BCUT2D eigenvalue weighted by atomic mass is 10.0. The molecule has 32 heavy (non-hydrogen) atoms. The van der Waals surface area contributed by atoms with Crippen molar-refractivity contribution in [1.29, 1.82) is 0 Å². The molecule has 2 aliphatic heterocycles. The van der Waals surface area contributed by atoms with E-state index in [9.17, 15) is 9.59 Å². The third-order valence-corrected chi connectivity index (χ3v) is 7.46. The van der Waals surface area contributed by atoms with Crippen LogP contribution in [0.4, 0.5) is 0 Å². The monoisotopic (exact) mass is 455 g/mol. The van der Waals surface area contributed by atoms with Crippen molar-refractivity contribution in [2.45, 2.75) is 50.6 Å². The molecule has 172 valence electrons. The zero-order valence-electron chi connectivity index (χ0n) is 18.8. The predicted molar refractivity (Wildman–Crippen MR) is 127 cm³/mol. The van der Waals surface area contributed by atoms with Crippen LogP contribution in [0.25, 0.3) is 0 Å². The number of amides is 2. The van der Waals surface area contributed by atoms with Gasteiger partial charge in [0.2, 0.25) is 11.8 Å². The maximum Gasteiger partial charge on any atom is 0.242 e. The summed E-state index contributed by atoms with van der Waals surface area (Å²) in [4.78, 5) is 31.3. The number of carbonyl (C=O) groups is 2. The molecule has 2 amide bonds. The topological polar surface area (TPSA) is 61.9 Å². The summed E-state index contributed by atoms with van der Waals surface area (Å²) in [6.45, 7) is 3.30. The third kappa shape index (κ3) is 5.51. The lowest BCUT2D eigenvalue weighted by molar-refractivity contribution is -0.138. The summed E-state index contributed by atoms with van der Waals surface area (Å²) in [7, 11) is 1.67. The van der Waals surface area contributed by atoms with Gasteiger partial charge < -0.3 is 15.0 Å². The highest BCUT2D eigenvalue weighted by molar-refractivity contribution is 7.10. The van der Waals surface area contributed by atoms with Crippen LogP contribution in [0.5, 0.6) is 5.75 Å². The van der Waals surface area contributed by atoms with Gasteiger partial charge in [-0.15, -0.1) is 11.3 Å². The first-order valence-corrected chi connectivity index (χ1v) is 12.5. The number of methoxy groups -OCH3 is 1. The lowest BCUT2D eigenvalue weighted by Crippen LogP contribution is -2.48. The van der Waals surface area contributed by atoms with Crippen molar-refractivity contribution in [1.82, 2.24) is 15.1 Å². The van der Waals surface area contributed by atoms with Crippen molar-refractivity contribution in [3.63, 3.8) is 0 Å². The molecule has 6 nitrogen and oxygen atoms in total. The third-order valence-electron chi connectivity index (χ3n) is 6.58. The van der Waals surface area contributed by atoms with Crippen molar-refractivity contribution < 1.29 is 14.3 Å². The van der Waals surface area contributed by atoms with E-state index >= 15 is 0 Å². The van der Waals surface area contributed by atoms with E-state index < -0.39 is 0 Å². The second-order valence-electron chi connectivity index (χ2n) is 8.63. The fraction of sp³-hybridized carbons (Fsp3) is 0.520. The quantitative estimate of drug-likeness (QED) is 0.660. The Balaban J connectivity index is 1.40. The van der Waals surface area contributed by atoms with E-state index in [1.165, 1.54) is 24.8 Å². The number of piperidine rings is 1. The molecule has 0 bridgehead atoms. The van der Waals surface area contributed by atoms with Crippen LogP contribution in [-0.2, 0) is 16.0 Å². The normalized spacial score (nSPS) is 20.2. The molecule has 0 spiro atoms. The Morgan fingerprint density at radius 2 is 1.88 bits per heavy atom. The van der Waals surface area contributed by atoms with E-state index in [-0.39, 0.29) is 23.9 Å². The average molecular weight is 456 g/mol. The summed E-state index contributed by atoms with van der Waals surface area (Å²) >= 11 is 1.59. The Bertz CT molecular complexity index is 878. The molecular formula is C25H33N3O3S. The minimum Gasteiger partial charge on any atom is -0.497 e. The van der Waals surface area contributed by atoms with Gasteiger partial charge in [0.25, 0.3) is 0 Å². The summed E-state index contributed by atoms with van der Waals surface area (Å²) in [6.07, 6.45) is 5.63. The Kier molecular flexibility index (Phi) is 7.81. The summed E-state index contributed by atoms with van der Waals surface area (Å²) in [5.41, 5.74) is 1.19. The average Bonchev–Trinajstić information content (AvgIpc) is 3.52. The SMILES string of the molecule is COc1ccc(C(CNC(=O)C2CCCN2C(=O)Cc2cccs2)N2CCCCC2)cc1. The van der Waals surface area contributed by atoms with Gasteiger partial charge in [-0.25, -0.2) is 0 Å². The van der Waals surface area contributed by atoms with Gasteiger partial charge in [0.05, 0.1) is 19.6 Å². The van der Waals surface area contributed by atoms with Crippen LogP contribution in [0.2, 0.25) is 0 Å². The van der Waals surface area contributed by atoms with E-state index in [1.807, 2.05) is 29.6 Å². The molecular weight excluding hydrogens is 422 g/mol. The van der Waals surface area contributed by atoms with E-state index in [1.54, 1.807) is 23.3 Å². The fourth-order valence-electron chi connectivity index (χ4n) is 4.83. The number of carbonyl (C=O) groups excluding carboxylic acids is 2. The number of nitrogens with zero attached hydrogens (tertiary/aromatic N) is 2. The number of thiophene rings is 1. The maximum atomic E-state index is 13.1. The van der Waals surface area contributed by atoms with E-state index in [0.717, 1.165) is 36.6 Å². The highest BCUT2D eigenvalue weighted by Crippen LogP contribution is 2.26. The maximum absolute atomic E-state index is 13.1. The molecule has 0 aliphatic carbocycles. The van der Waals surface area contributed by atoms with Crippen LogP contribution in [0, 0.1) is 0 Å². The van der Waals surface area contributed by atoms with Gasteiger partial charge in [-0.2, -0.15) is 0 Å². The van der Waals surface area contributed by atoms with Gasteiger partial charge in [0, 0.05) is 18.0 Å². The summed E-state index contributed by atoms with van der Waals surface area (Å²) in [5.74, 6) is 0.853. The number of hydrogen-bond donors (Lipinski definition) is 1. The molecule has 0 saturated carbocycles. The molecule has 0 radical (unpaired) electrons. The molecule has 2 atom stereocenters. The minimum absolute atomic E-state index is 0.0300. The number of ether oxygens (including phenoxy) is 1. The first-order chi connectivity index (χ1) is 15.7. The van der Waals surface area contributed by atoms with Gasteiger partial charge in [-0.3, -0.25) is 14.5 Å². The van der Waals surface area contributed by atoms with Gasteiger partial charge in [-0.05, 0) is 67.9 Å². The Morgan fingerprint density at radius 1 is 1.09 bits per heavy atom. The highest BCUT2D eigenvalue weighted by atomic mass is 32.1. The first kappa shape index (κ1) is 22.8. The van der Waals surface area contributed by atoms with Crippen molar-refractivity contribution in [3.05, 3.63) is 52.2 Å². The highest BCUT2D eigenvalue weighted by Gasteiger charge is 2.34. The minimum atomic E-state index is -0.361. The van der Waals surface area contributed by atoms with Crippen molar-refractivity contribution >= 4 is 23.2 Å². The van der Waals surface area contributed by atoms with Crippen LogP contribution < -0.4 is 10.1 Å². The van der Waals surface area contributed by atoms with Gasteiger partial charge in [0.15, 0.2) is 0 Å². The molecule has 4 rings (SSSR count). The molecule has 1 aromatic heterocycles. The molecule has 1 aromatic carbocycles. The largest absolute Gasteiger partial charge is 0.497 e. The van der Waals surface area contributed by atoms with Crippen LogP contribution in [-0.4, -0.2) is 60.9 Å². The van der Waals surface area contributed by atoms with Gasteiger partial charge >= 0.3 is 0 Å². The second kappa shape index (κ2) is 11.0. The first-order valence-electron chi connectivity index (χ1n) is 11.6. The summed E-state index contributed by atoms with van der Waals surface area (Å²) in [5, 5.41) is 5.17. The number of benzene rings is 1. The molecule has 1 N–H and O–H groups in total. The Labute approximate surface area is 194 Å². The molecule has 2 aliphatic rings. The number of rotatable bonds is 8. The van der Waals surface area contributed by atoms with Gasteiger partial charge in [0.1, 0.15) is 11.8 Å². The van der Waals surface area contributed by atoms with Crippen LogP contribution >= 0.6 is 11.3 Å². The molecule has 2 aromatic rings. The van der Waals surface area contributed by atoms with E-state index in [2.05, 4.69) is 22.3 Å². The number of hydrogen-bond acceptors (Lipinski definition) is 5. The van der Waals surface area contributed by atoms with Crippen molar-refractivity contribution in [3.8, 4) is 5.75 Å². The standard InChI is InChI=1S/C25H33N3O3S/c1-31-20-11-9-19(10-12-20)23(27-13-3-2-4-14-27)18-26-25(30)22-8-5-15-28(22)24(29)17-21-7-6-16-32-21/h6-7,9-12,16,22-23H,2-5,8,13-15,17-18H2,1H3,(H,26,30).